The van der Waals surface area contributed by atoms with Crippen LogP contribution in [0.3, 0.4) is 0 Å². The molecule has 272 valence electrons. The standard InChI is InChI=1S/C52H27N5O2/c1-29-3-11-45-37(19-29)38-20-30(27-53)4-12-46(38)56(45)35-9-17-51-43(25-35)41-22-32(6-15-49(41)58-51)33-7-16-50-42(23-33)44-26-36(10-18-52(44)59-50)57-47-13-5-31(28-54)21-39(47)40-24-34(55-2)8-14-48(40)57/h3-26H,1H3. The van der Waals surface area contributed by atoms with Crippen molar-refractivity contribution in [3.63, 3.8) is 0 Å². The van der Waals surface area contributed by atoms with Crippen LogP contribution in [0.25, 0.3) is 115 Å². The summed E-state index contributed by atoms with van der Waals surface area (Å²) in [4.78, 5) is 3.67. The van der Waals surface area contributed by atoms with Crippen molar-refractivity contribution in [1.82, 2.24) is 9.13 Å². The number of nitrogens with zero attached hydrogens (tertiary/aromatic N) is 5. The second kappa shape index (κ2) is 12.0. The van der Waals surface area contributed by atoms with Crippen LogP contribution in [0.15, 0.2) is 154 Å². The maximum Gasteiger partial charge on any atom is 0.188 e. The first-order valence-corrected chi connectivity index (χ1v) is 19.2. The third-order valence-electron chi connectivity index (χ3n) is 11.8. The quantitative estimate of drug-likeness (QED) is 0.168. The van der Waals surface area contributed by atoms with Gasteiger partial charge in [0.25, 0.3) is 0 Å². The zero-order valence-electron chi connectivity index (χ0n) is 31.4. The molecular weight excluding hydrogens is 727 g/mol. The van der Waals surface area contributed by atoms with Crippen LogP contribution >= 0.6 is 0 Å². The minimum atomic E-state index is 0.555. The third kappa shape index (κ3) is 4.72. The van der Waals surface area contributed by atoms with Gasteiger partial charge in [0.05, 0.1) is 51.9 Å². The molecule has 0 spiro atoms. The molecule has 0 atom stereocenters. The molecular formula is C52H27N5O2. The van der Waals surface area contributed by atoms with Gasteiger partial charge in [-0.2, -0.15) is 10.5 Å². The van der Waals surface area contributed by atoms with E-state index in [1.807, 2.05) is 78.9 Å². The smallest absolute Gasteiger partial charge is 0.188 e. The predicted molar refractivity (Wildman–Crippen MR) is 236 cm³/mol. The van der Waals surface area contributed by atoms with Crippen LogP contribution in [0.4, 0.5) is 5.69 Å². The molecule has 4 heterocycles. The lowest BCUT2D eigenvalue weighted by molar-refractivity contribution is 0.668. The molecule has 8 aromatic carbocycles. The molecule has 4 aromatic heterocycles. The molecule has 7 nitrogen and oxygen atoms in total. The Morgan fingerprint density at radius 1 is 0.441 bits per heavy atom. The highest BCUT2D eigenvalue weighted by Crippen LogP contribution is 2.41. The molecule has 7 heteroatoms. The predicted octanol–water partition coefficient (Wildman–Crippen LogP) is 13.9. The van der Waals surface area contributed by atoms with Gasteiger partial charge in [0.2, 0.25) is 0 Å². The number of rotatable bonds is 3. The SMILES string of the molecule is [C-]#[N+]c1ccc2c(c1)c1cc(C#N)ccc1n2-c1ccc2oc3ccc(-c4ccc5oc6ccc(-n7c8ccc(C)cc8c8cc(C#N)ccc87)cc6c5c4)cc3c2c1. The Balaban J connectivity index is 1.00. The average Bonchev–Trinajstić information content (AvgIpc) is 4.02. The first kappa shape index (κ1) is 32.7. The van der Waals surface area contributed by atoms with E-state index in [1.54, 1.807) is 0 Å². The van der Waals surface area contributed by atoms with Crippen molar-refractivity contribution in [1.29, 1.82) is 10.5 Å². The van der Waals surface area contributed by atoms with E-state index in [0.717, 1.165) is 110 Å². The van der Waals surface area contributed by atoms with Gasteiger partial charge in [-0.25, -0.2) is 4.85 Å². The molecule has 0 bridgehead atoms. The van der Waals surface area contributed by atoms with Crippen LogP contribution in [0, 0.1) is 36.2 Å². The minimum Gasteiger partial charge on any atom is -0.456 e. The van der Waals surface area contributed by atoms with Crippen LogP contribution in [0.5, 0.6) is 0 Å². The van der Waals surface area contributed by atoms with Gasteiger partial charge in [-0.3, -0.25) is 0 Å². The highest BCUT2D eigenvalue weighted by atomic mass is 16.3. The number of aromatic nitrogens is 2. The third-order valence-corrected chi connectivity index (χ3v) is 11.8. The van der Waals surface area contributed by atoms with Crippen molar-refractivity contribution >= 4 is 93.2 Å². The Kier molecular flexibility index (Phi) is 6.62. The van der Waals surface area contributed by atoms with E-state index in [0.29, 0.717) is 16.8 Å². The lowest BCUT2D eigenvalue weighted by Gasteiger charge is -2.08. The van der Waals surface area contributed by atoms with E-state index in [4.69, 9.17) is 15.4 Å². The lowest BCUT2D eigenvalue weighted by Crippen LogP contribution is -1.93. The van der Waals surface area contributed by atoms with Crippen LogP contribution in [-0.4, -0.2) is 9.13 Å². The Morgan fingerprint density at radius 2 is 0.864 bits per heavy atom. The zero-order valence-corrected chi connectivity index (χ0v) is 31.4. The Hall–Kier alpha value is -8.57. The first-order valence-electron chi connectivity index (χ1n) is 19.2. The van der Waals surface area contributed by atoms with Gasteiger partial charge < -0.3 is 18.0 Å². The molecule has 59 heavy (non-hydrogen) atoms. The fraction of sp³-hybridized carbons (Fsp3) is 0.0192. The van der Waals surface area contributed by atoms with Crippen LogP contribution in [-0.2, 0) is 0 Å². The number of furan rings is 2. The van der Waals surface area contributed by atoms with Gasteiger partial charge >= 0.3 is 0 Å². The molecule has 12 aromatic rings. The number of hydrogen-bond acceptors (Lipinski definition) is 4. The molecule has 0 aliphatic rings. The zero-order chi connectivity index (χ0) is 39.5. The lowest BCUT2D eigenvalue weighted by atomic mass is 10.0. The van der Waals surface area contributed by atoms with Crippen molar-refractivity contribution in [3.8, 4) is 34.6 Å². The second-order valence-corrected chi connectivity index (χ2v) is 15.2. The summed E-state index contributed by atoms with van der Waals surface area (Å²) in [6.45, 7) is 9.71. The van der Waals surface area contributed by atoms with Crippen molar-refractivity contribution in [2.75, 3.05) is 0 Å². The number of hydrogen-bond donors (Lipinski definition) is 0. The maximum atomic E-state index is 9.69. The minimum absolute atomic E-state index is 0.555. The van der Waals surface area contributed by atoms with Crippen molar-refractivity contribution in [2.24, 2.45) is 0 Å². The maximum absolute atomic E-state index is 9.69. The summed E-state index contributed by atoms with van der Waals surface area (Å²) in [5, 5.41) is 27.4. The average molecular weight is 754 g/mol. The Bertz CT molecular complexity index is 3890. The number of nitriles is 2. The van der Waals surface area contributed by atoms with Crippen LogP contribution in [0.1, 0.15) is 16.7 Å². The molecule has 0 unspecified atom stereocenters. The summed E-state index contributed by atoms with van der Waals surface area (Å²) >= 11 is 0. The highest BCUT2D eigenvalue weighted by molar-refractivity contribution is 6.14. The second-order valence-electron chi connectivity index (χ2n) is 15.2. The molecule has 0 saturated carbocycles. The molecule has 0 fully saturated rings. The number of aryl methyl sites for hydroxylation is 1. The molecule has 0 N–H and O–H groups in total. The fourth-order valence-corrected chi connectivity index (χ4v) is 9.08. The Morgan fingerprint density at radius 3 is 1.36 bits per heavy atom. The topological polar surface area (TPSA) is 88.1 Å². The number of benzene rings is 8. The van der Waals surface area contributed by atoms with E-state index in [2.05, 4.69) is 99.8 Å². The van der Waals surface area contributed by atoms with Gasteiger partial charge in [-0.05, 0) is 145 Å². The van der Waals surface area contributed by atoms with E-state index in [9.17, 15) is 10.5 Å². The normalized spacial score (nSPS) is 11.8. The molecule has 12 rings (SSSR count). The molecule has 0 amide bonds. The van der Waals surface area contributed by atoms with E-state index in [-0.39, 0.29) is 0 Å². The summed E-state index contributed by atoms with van der Waals surface area (Å²) in [6, 6.07) is 53.7. The van der Waals surface area contributed by atoms with Crippen LogP contribution in [0.2, 0.25) is 0 Å². The Labute approximate surface area is 335 Å². The van der Waals surface area contributed by atoms with E-state index < -0.39 is 0 Å². The van der Waals surface area contributed by atoms with Crippen molar-refractivity contribution < 1.29 is 8.83 Å². The van der Waals surface area contributed by atoms with E-state index in [1.165, 1.54) is 5.56 Å². The van der Waals surface area contributed by atoms with Crippen molar-refractivity contribution in [3.05, 3.63) is 174 Å². The molecule has 0 saturated heterocycles. The molecule has 0 aliphatic heterocycles. The number of fused-ring (bicyclic) bond motifs is 12. The molecule has 0 radical (unpaired) electrons. The van der Waals surface area contributed by atoms with E-state index >= 15 is 0 Å². The molecule has 0 aliphatic carbocycles. The first-order chi connectivity index (χ1) is 29.0. The monoisotopic (exact) mass is 753 g/mol. The summed E-state index contributed by atoms with van der Waals surface area (Å²) in [7, 11) is 0. The summed E-state index contributed by atoms with van der Waals surface area (Å²) in [6.07, 6.45) is 0. The van der Waals surface area contributed by atoms with Gasteiger partial charge in [-0.1, -0.05) is 29.8 Å². The highest BCUT2D eigenvalue weighted by Gasteiger charge is 2.18. The fourth-order valence-electron chi connectivity index (χ4n) is 9.08. The largest absolute Gasteiger partial charge is 0.456 e. The van der Waals surface area contributed by atoms with Gasteiger partial charge in [0.15, 0.2) is 5.69 Å². The summed E-state index contributed by atoms with van der Waals surface area (Å²) in [5.74, 6) is 0. The van der Waals surface area contributed by atoms with Crippen molar-refractivity contribution in [2.45, 2.75) is 6.92 Å². The summed E-state index contributed by atoms with van der Waals surface area (Å²) in [5.41, 5.74) is 14.3. The summed E-state index contributed by atoms with van der Waals surface area (Å²) < 4.78 is 17.2. The van der Waals surface area contributed by atoms with Gasteiger partial charge in [0, 0.05) is 49.1 Å². The van der Waals surface area contributed by atoms with Crippen LogP contribution < -0.4 is 0 Å². The van der Waals surface area contributed by atoms with Gasteiger partial charge in [0.1, 0.15) is 22.3 Å². The van der Waals surface area contributed by atoms with Gasteiger partial charge in [-0.15, -0.1) is 0 Å².